The third-order valence-corrected chi connectivity index (χ3v) is 2.44. The van der Waals surface area contributed by atoms with Crippen LogP contribution in [0.4, 0.5) is 5.69 Å². The Morgan fingerprint density at radius 1 is 1.41 bits per heavy atom. The van der Waals surface area contributed by atoms with Crippen LogP contribution in [0.25, 0.3) is 5.82 Å². The molecule has 5 nitrogen and oxygen atoms in total. The molecular formula is C11H15ClN4O. The summed E-state index contributed by atoms with van der Waals surface area (Å²) in [4.78, 5) is 4.23. The van der Waals surface area contributed by atoms with Crippen LogP contribution in [0.1, 0.15) is 18.7 Å². The Morgan fingerprint density at radius 3 is 2.76 bits per heavy atom. The topological polar surface area (TPSA) is 66.0 Å². The lowest BCUT2D eigenvalue weighted by Crippen LogP contribution is -2.09. The van der Waals surface area contributed by atoms with Gasteiger partial charge in [-0.05, 0) is 19.1 Å². The Hall–Kier alpha value is -1.59. The van der Waals surface area contributed by atoms with Gasteiger partial charge in [0.05, 0.1) is 23.7 Å². The molecule has 2 N–H and O–H groups in total. The molecule has 0 amide bonds. The summed E-state index contributed by atoms with van der Waals surface area (Å²) in [6.07, 6.45) is 3.21. The molecule has 0 radical (unpaired) electrons. The lowest BCUT2D eigenvalue weighted by molar-refractivity contribution is 0.114. The molecule has 2 rings (SSSR count). The van der Waals surface area contributed by atoms with Crippen molar-refractivity contribution in [3.8, 4) is 5.82 Å². The van der Waals surface area contributed by atoms with Gasteiger partial charge < -0.3 is 10.5 Å². The molecule has 0 aliphatic rings. The Kier molecular flexibility index (Phi) is 4.48. The number of anilines is 1. The van der Waals surface area contributed by atoms with Crippen LogP contribution in [0, 0.1) is 0 Å². The molecule has 0 saturated heterocycles. The zero-order valence-electron chi connectivity index (χ0n) is 9.70. The number of pyridine rings is 1. The van der Waals surface area contributed by atoms with Crippen molar-refractivity contribution in [2.75, 3.05) is 12.8 Å². The van der Waals surface area contributed by atoms with Crippen LogP contribution in [-0.2, 0) is 4.74 Å². The van der Waals surface area contributed by atoms with Crippen molar-refractivity contribution in [3.05, 3.63) is 36.3 Å². The summed E-state index contributed by atoms with van der Waals surface area (Å²) >= 11 is 0. The maximum Gasteiger partial charge on any atom is 0.153 e. The van der Waals surface area contributed by atoms with Crippen molar-refractivity contribution in [2.45, 2.75) is 13.0 Å². The van der Waals surface area contributed by atoms with E-state index in [0.29, 0.717) is 5.69 Å². The van der Waals surface area contributed by atoms with E-state index in [1.54, 1.807) is 24.2 Å². The second-order valence-electron chi connectivity index (χ2n) is 3.46. The highest BCUT2D eigenvalue weighted by atomic mass is 35.5. The van der Waals surface area contributed by atoms with Crippen molar-refractivity contribution in [1.29, 1.82) is 0 Å². The van der Waals surface area contributed by atoms with Gasteiger partial charge in [0.25, 0.3) is 0 Å². The van der Waals surface area contributed by atoms with E-state index in [-0.39, 0.29) is 18.5 Å². The third kappa shape index (κ3) is 2.57. The Bertz CT molecular complexity index is 472. The maximum atomic E-state index is 5.86. The summed E-state index contributed by atoms with van der Waals surface area (Å²) in [5, 5.41) is 4.20. The van der Waals surface area contributed by atoms with E-state index in [9.17, 15) is 0 Å². The largest absolute Gasteiger partial charge is 0.396 e. The number of nitrogens with two attached hydrogens (primary N) is 1. The maximum absolute atomic E-state index is 5.86. The monoisotopic (exact) mass is 254 g/mol. The van der Waals surface area contributed by atoms with Crippen molar-refractivity contribution in [3.63, 3.8) is 0 Å². The molecule has 2 aromatic heterocycles. The quantitative estimate of drug-likeness (QED) is 0.910. The van der Waals surface area contributed by atoms with Gasteiger partial charge in [-0.25, -0.2) is 9.67 Å². The van der Waals surface area contributed by atoms with E-state index in [2.05, 4.69) is 10.1 Å². The molecule has 0 unspecified atom stereocenters. The highest BCUT2D eigenvalue weighted by Crippen LogP contribution is 2.24. The van der Waals surface area contributed by atoms with E-state index >= 15 is 0 Å². The smallest absolute Gasteiger partial charge is 0.153 e. The van der Waals surface area contributed by atoms with Crippen LogP contribution in [0.5, 0.6) is 0 Å². The standard InChI is InChI=1S/C11H14N4O.ClH/c1-8(16-2)11-9(12)7-14-15(11)10-5-3-4-6-13-10;/h3-8H,12H2,1-2H3;1H/t8-;/m0./s1. The average Bonchev–Trinajstić information content (AvgIpc) is 2.71. The van der Waals surface area contributed by atoms with Crippen LogP contribution >= 0.6 is 12.4 Å². The molecule has 0 spiro atoms. The minimum absolute atomic E-state index is 0. The minimum Gasteiger partial charge on any atom is -0.396 e. The molecule has 0 fully saturated rings. The normalized spacial score (nSPS) is 11.9. The zero-order valence-corrected chi connectivity index (χ0v) is 10.5. The Morgan fingerprint density at radius 2 is 2.18 bits per heavy atom. The highest BCUT2D eigenvalue weighted by Gasteiger charge is 2.16. The lowest BCUT2D eigenvalue weighted by atomic mass is 10.2. The van der Waals surface area contributed by atoms with Crippen LogP contribution in [0.15, 0.2) is 30.6 Å². The van der Waals surface area contributed by atoms with Gasteiger partial charge >= 0.3 is 0 Å². The van der Waals surface area contributed by atoms with E-state index in [1.165, 1.54) is 0 Å². The van der Waals surface area contributed by atoms with Gasteiger partial charge in [-0.3, -0.25) is 0 Å². The number of hydrogen-bond acceptors (Lipinski definition) is 4. The number of aromatic nitrogens is 3. The molecule has 1 atom stereocenters. The minimum atomic E-state index is -0.121. The van der Waals surface area contributed by atoms with Gasteiger partial charge in [-0.1, -0.05) is 6.07 Å². The zero-order chi connectivity index (χ0) is 11.5. The van der Waals surface area contributed by atoms with Gasteiger partial charge in [-0.2, -0.15) is 5.10 Å². The van der Waals surface area contributed by atoms with Crippen molar-refractivity contribution >= 4 is 18.1 Å². The molecule has 2 aromatic rings. The molecule has 92 valence electrons. The van der Waals surface area contributed by atoms with Gasteiger partial charge in [-0.15, -0.1) is 12.4 Å². The molecule has 0 saturated carbocycles. The fourth-order valence-corrected chi connectivity index (χ4v) is 1.55. The Labute approximate surface area is 106 Å². The number of nitrogens with zero attached hydrogens (tertiary/aromatic N) is 3. The first-order valence-electron chi connectivity index (χ1n) is 5.01. The van der Waals surface area contributed by atoms with Gasteiger partial charge in [0.1, 0.15) is 0 Å². The first kappa shape index (κ1) is 13.5. The molecule has 0 aromatic carbocycles. The number of ether oxygens (including phenoxy) is 1. The SMILES string of the molecule is CO[C@@H](C)c1c(N)cnn1-c1ccccn1.Cl. The van der Waals surface area contributed by atoms with E-state index < -0.39 is 0 Å². The summed E-state index contributed by atoms with van der Waals surface area (Å²) in [7, 11) is 1.64. The second kappa shape index (κ2) is 5.65. The lowest BCUT2D eigenvalue weighted by Gasteiger charge is -2.12. The first-order valence-corrected chi connectivity index (χ1v) is 5.01. The van der Waals surface area contributed by atoms with Crippen molar-refractivity contribution in [2.24, 2.45) is 0 Å². The number of hydrogen-bond donors (Lipinski definition) is 1. The van der Waals surface area contributed by atoms with E-state index in [4.69, 9.17) is 10.5 Å². The van der Waals surface area contributed by atoms with Crippen LogP contribution in [0.3, 0.4) is 0 Å². The number of rotatable bonds is 3. The molecule has 0 bridgehead atoms. The third-order valence-electron chi connectivity index (χ3n) is 2.44. The molecule has 17 heavy (non-hydrogen) atoms. The first-order chi connectivity index (χ1) is 7.74. The van der Waals surface area contributed by atoms with Crippen molar-refractivity contribution < 1.29 is 4.74 Å². The predicted molar refractivity (Wildman–Crippen MR) is 68.4 cm³/mol. The van der Waals surface area contributed by atoms with Crippen molar-refractivity contribution in [1.82, 2.24) is 14.8 Å². The van der Waals surface area contributed by atoms with E-state index in [0.717, 1.165) is 11.5 Å². The van der Waals surface area contributed by atoms with E-state index in [1.807, 2.05) is 25.1 Å². The average molecular weight is 255 g/mol. The van der Waals surface area contributed by atoms with Crippen LogP contribution in [-0.4, -0.2) is 21.9 Å². The summed E-state index contributed by atoms with van der Waals surface area (Å²) in [6.45, 7) is 1.92. The summed E-state index contributed by atoms with van der Waals surface area (Å²) < 4.78 is 6.97. The van der Waals surface area contributed by atoms with Gasteiger partial charge in [0, 0.05) is 13.3 Å². The molecular weight excluding hydrogens is 240 g/mol. The summed E-state index contributed by atoms with van der Waals surface area (Å²) in [5.74, 6) is 0.734. The molecule has 0 aliphatic heterocycles. The number of nitrogen functional groups attached to an aromatic ring is 1. The Balaban J connectivity index is 0.00000144. The fourth-order valence-electron chi connectivity index (χ4n) is 1.55. The number of halogens is 1. The fraction of sp³-hybridized carbons (Fsp3) is 0.273. The van der Waals surface area contributed by atoms with Gasteiger partial charge in [0.2, 0.25) is 0 Å². The highest BCUT2D eigenvalue weighted by molar-refractivity contribution is 5.85. The summed E-state index contributed by atoms with van der Waals surface area (Å²) in [6, 6.07) is 5.63. The van der Waals surface area contributed by atoms with Gasteiger partial charge in [0.15, 0.2) is 5.82 Å². The number of methoxy groups -OCH3 is 1. The molecule has 6 heteroatoms. The van der Waals surface area contributed by atoms with Crippen LogP contribution in [0.2, 0.25) is 0 Å². The molecule has 0 aliphatic carbocycles. The van der Waals surface area contributed by atoms with Crippen LogP contribution < -0.4 is 5.73 Å². The molecule has 2 heterocycles. The second-order valence-corrected chi connectivity index (χ2v) is 3.46. The summed E-state index contributed by atoms with van der Waals surface area (Å²) in [5.41, 5.74) is 7.30. The predicted octanol–water partition coefficient (Wildman–Crippen LogP) is 1.98.